The van der Waals surface area contributed by atoms with Crippen molar-refractivity contribution in [2.75, 3.05) is 5.32 Å². The highest BCUT2D eigenvalue weighted by Gasteiger charge is 2.09. The van der Waals surface area contributed by atoms with E-state index < -0.39 is 0 Å². The van der Waals surface area contributed by atoms with Gasteiger partial charge < -0.3 is 5.32 Å². The SMILES string of the molecule is Cc1nc(Nc2ccccc2C)c(C#N)s1. The van der Waals surface area contributed by atoms with Crippen molar-refractivity contribution in [1.29, 1.82) is 5.26 Å². The van der Waals surface area contributed by atoms with Crippen molar-refractivity contribution in [3.05, 3.63) is 39.7 Å². The Morgan fingerprint density at radius 3 is 2.75 bits per heavy atom. The third kappa shape index (κ3) is 2.05. The normalized spacial score (nSPS) is 9.81. The summed E-state index contributed by atoms with van der Waals surface area (Å²) in [5, 5.41) is 13.0. The lowest BCUT2D eigenvalue weighted by Gasteiger charge is -2.06. The number of hydrogen-bond donors (Lipinski definition) is 1. The molecular weight excluding hydrogens is 218 g/mol. The molecule has 0 bridgehead atoms. The van der Waals surface area contributed by atoms with E-state index in [0.29, 0.717) is 10.7 Å². The summed E-state index contributed by atoms with van der Waals surface area (Å²) in [5.41, 5.74) is 2.13. The van der Waals surface area contributed by atoms with Crippen molar-refractivity contribution < 1.29 is 0 Å². The smallest absolute Gasteiger partial charge is 0.159 e. The molecule has 1 N–H and O–H groups in total. The van der Waals surface area contributed by atoms with Gasteiger partial charge >= 0.3 is 0 Å². The van der Waals surface area contributed by atoms with E-state index in [0.717, 1.165) is 16.3 Å². The summed E-state index contributed by atoms with van der Waals surface area (Å²) in [4.78, 5) is 4.93. The van der Waals surface area contributed by atoms with Gasteiger partial charge in [-0.05, 0) is 25.5 Å². The van der Waals surface area contributed by atoms with E-state index in [1.54, 1.807) is 0 Å². The lowest BCUT2D eigenvalue weighted by Crippen LogP contribution is -1.94. The van der Waals surface area contributed by atoms with E-state index in [-0.39, 0.29) is 0 Å². The van der Waals surface area contributed by atoms with Crippen LogP contribution in [-0.4, -0.2) is 4.98 Å². The predicted molar refractivity (Wildman–Crippen MR) is 66.0 cm³/mol. The van der Waals surface area contributed by atoms with Gasteiger partial charge in [0, 0.05) is 5.69 Å². The summed E-state index contributed by atoms with van der Waals surface area (Å²) in [7, 11) is 0. The molecule has 80 valence electrons. The molecule has 16 heavy (non-hydrogen) atoms. The molecule has 0 amide bonds. The van der Waals surface area contributed by atoms with E-state index >= 15 is 0 Å². The Labute approximate surface area is 98.4 Å². The van der Waals surface area contributed by atoms with Gasteiger partial charge in [0.05, 0.1) is 5.01 Å². The fourth-order valence-electron chi connectivity index (χ4n) is 1.43. The van der Waals surface area contributed by atoms with Crippen LogP contribution >= 0.6 is 11.3 Å². The van der Waals surface area contributed by atoms with Crippen LogP contribution < -0.4 is 5.32 Å². The Balaban J connectivity index is 2.35. The fourth-order valence-corrected chi connectivity index (χ4v) is 2.10. The number of para-hydroxylation sites is 1. The molecule has 0 atom stereocenters. The van der Waals surface area contributed by atoms with Crippen LogP contribution in [0.4, 0.5) is 11.5 Å². The lowest BCUT2D eigenvalue weighted by atomic mass is 10.2. The quantitative estimate of drug-likeness (QED) is 0.858. The molecule has 1 heterocycles. The maximum atomic E-state index is 8.96. The molecule has 0 saturated heterocycles. The molecule has 2 rings (SSSR count). The molecule has 1 aromatic heterocycles. The first-order valence-corrected chi connectivity index (χ1v) is 5.72. The second kappa shape index (κ2) is 4.33. The highest BCUT2D eigenvalue weighted by molar-refractivity contribution is 7.12. The minimum absolute atomic E-state index is 0.626. The Bertz CT molecular complexity index is 552. The van der Waals surface area contributed by atoms with Gasteiger partial charge in [0.25, 0.3) is 0 Å². The van der Waals surface area contributed by atoms with Gasteiger partial charge in [0.1, 0.15) is 10.9 Å². The Morgan fingerprint density at radius 2 is 2.06 bits per heavy atom. The fraction of sp³-hybridized carbons (Fsp3) is 0.167. The Morgan fingerprint density at radius 1 is 1.31 bits per heavy atom. The van der Waals surface area contributed by atoms with Crippen LogP contribution in [0.2, 0.25) is 0 Å². The summed E-state index contributed by atoms with van der Waals surface area (Å²) >= 11 is 1.40. The molecule has 0 aliphatic rings. The number of rotatable bonds is 2. The molecule has 0 saturated carbocycles. The van der Waals surface area contributed by atoms with Crippen molar-refractivity contribution in [3.8, 4) is 6.07 Å². The van der Waals surface area contributed by atoms with E-state index in [4.69, 9.17) is 5.26 Å². The summed E-state index contributed by atoms with van der Waals surface area (Å²) in [6.45, 7) is 3.92. The maximum Gasteiger partial charge on any atom is 0.159 e. The predicted octanol–water partition coefficient (Wildman–Crippen LogP) is 3.38. The average molecular weight is 229 g/mol. The van der Waals surface area contributed by atoms with Gasteiger partial charge in [-0.2, -0.15) is 5.26 Å². The van der Waals surface area contributed by atoms with Crippen molar-refractivity contribution in [3.63, 3.8) is 0 Å². The Kier molecular flexibility index (Phi) is 2.88. The van der Waals surface area contributed by atoms with E-state index in [9.17, 15) is 0 Å². The topological polar surface area (TPSA) is 48.7 Å². The van der Waals surface area contributed by atoms with Crippen molar-refractivity contribution >= 4 is 22.8 Å². The van der Waals surface area contributed by atoms with Gasteiger partial charge in [-0.3, -0.25) is 0 Å². The number of thiazole rings is 1. The van der Waals surface area contributed by atoms with Crippen molar-refractivity contribution in [1.82, 2.24) is 4.98 Å². The van der Waals surface area contributed by atoms with Crippen LogP contribution in [-0.2, 0) is 0 Å². The number of anilines is 2. The molecule has 0 fully saturated rings. The maximum absolute atomic E-state index is 8.96. The monoisotopic (exact) mass is 229 g/mol. The van der Waals surface area contributed by atoms with Crippen molar-refractivity contribution in [2.24, 2.45) is 0 Å². The van der Waals surface area contributed by atoms with Crippen LogP contribution in [0.15, 0.2) is 24.3 Å². The number of nitrogens with one attached hydrogen (secondary N) is 1. The number of aryl methyl sites for hydroxylation is 2. The van der Waals surface area contributed by atoms with Gasteiger partial charge in [-0.15, -0.1) is 11.3 Å². The summed E-state index contributed by atoms with van der Waals surface area (Å²) in [6.07, 6.45) is 0. The molecule has 4 heteroatoms. The highest BCUT2D eigenvalue weighted by Crippen LogP contribution is 2.26. The molecule has 0 unspecified atom stereocenters. The number of hydrogen-bond acceptors (Lipinski definition) is 4. The number of aromatic nitrogens is 1. The first kappa shape index (κ1) is 10.7. The van der Waals surface area contributed by atoms with Crippen LogP contribution in [0, 0.1) is 25.2 Å². The van der Waals surface area contributed by atoms with Gasteiger partial charge in [0.2, 0.25) is 0 Å². The first-order chi connectivity index (χ1) is 7.70. The third-order valence-electron chi connectivity index (χ3n) is 2.23. The second-order valence-corrected chi connectivity index (χ2v) is 4.67. The standard InChI is InChI=1S/C12H11N3S/c1-8-5-3-4-6-10(8)15-12-11(7-13)16-9(2)14-12/h3-6,15H,1-2H3. The van der Waals surface area contributed by atoms with E-state index in [1.807, 2.05) is 38.1 Å². The molecule has 0 radical (unpaired) electrons. The molecule has 0 aliphatic heterocycles. The largest absolute Gasteiger partial charge is 0.338 e. The molecule has 0 aliphatic carbocycles. The molecule has 1 aromatic carbocycles. The zero-order valence-corrected chi connectivity index (χ0v) is 9.93. The van der Waals surface area contributed by atoms with E-state index in [1.165, 1.54) is 11.3 Å². The molecule has 2 aromatic rings. The van der Waals surface area contributed by atoms with Gasteiger partial charge in [-0.25, -0.2) is 4.98 Å². The minimum atomic E-state index is 0.626. The third-order valence-corrected chi connectivity index (χ3v) is 3.11. The lowest BCUT2D eigenvalue weighted by molar-refractivity contribution is 1.27. The zero-order chi connectivity index (χ0) is 11.5. The zero-order valence-electron chi connectivity index (χ0n) is 9.11. The van der Waals surface area contributed by atoms with Gasteiger partial charge in [0.15, 0.2) is 5.82 Å². The van der Waals surface area contributed by atoms with Crippen molar-refractivity contribution in [2.45, 2.75) is 13.8 Å². The molecule has 3 nitrogen and oxygen atoms in total. The highest BCUT2D eigenvalue weighted by atomic mass is 32.1. The summed E-state index contributed by atoms with van der Waals surface area (Å²) in [5.74, 6) is 0.652. The average Bonchev–Trinajstić information content (AvgIpc) is 2.62. The molecular formula is C12H11N3S. The van der Waals surface area contributed by atoms with Crippen LogP contribution in [0.25, 0.3) is 0 Å². The number of nitriles is 1. The number of benzene rings is 1. The van der Waals surface area contributed by atoms with E-state index in [2.05, 4.69) is 16.4 Å². The Hall–Kier alpha value is -1.86. The second-order valence-electron chi connectivity index (χ2n) is 3.46. The minimum Gasteiger partial charge on any atom is -0.338 e. The van der Waals surface area contributed by atoms with Gasteiger partial charge in [-0.1, -0.05) is 18.2 Å². The number of nitrogens with zero attached hydrogens (tertiary/aromatic N) is 2. The van der Waals surface area contributed by atoms with Crippen LogP contribution in [0.3, 0.4) is 0 Å². The summed E-state index contributed by atoms with van der Waals surface area (Å²) in [6, 6.07) is 10.1. The molecule has 0 spiro atoms. The first-order valence-electron chi connectivity index (χ1n) is 4.91. The van der Waals surface area contributed by atoms with Crippen LogP contribution in [0.5, 0.6) is 0 Å². The summed E-state index contributed by atoms with van der Waals surface area (Å²) < 4.78 is 0. The van der Waals surface area contributed by atoms with Crippen LogP contribution in [0.1, 0.15) is 15.4 Å².